The minimum absolute atomic E-state index is 0.0532. The summed E-state index contributed by atoms with van der Waals surface area (Å²) in [6, 6.07) is 0. The van der Waals surface area contributed by atoms with Crippen LogP contribution in [0.5, 0.6) is 0 Å². The van der Waals surface area contributed by atoms with Gasteiger partial charge in [-0.05, 0) is 24.5 Å². The number of rotatable bonds is 7. The minimum atomic E-state index is -3.34. The van der Waals surface area contributed by atoms with Crippen molar-refractivity contribution < 1.29 is 22.8 Å². The van der Waals surface area contributed by atoms with E-state index in [1.165, 1.54) is 6.26 Å². The third-order valence-electron chi connectivity index (χ3n) is 2.12. The number of nitrogens with zero attached hydrogens (tertiary/aromatic N) is 3. The molecule has 0 N–H and O–H groups in total. The largest absolute Gasteiger partial charge is 0.472 e. The quantitative estimate of drug-likeness (QED) is 0.329. The fraction of sp³-hybridized carbons (Fsp3) is 0.500. The van der Waals surface area contributed by atoms with E-state index in [9.17, 15) is 9.36 Å². The molecule has 0 bridgehead atoms. The topological polar surface area (TPSA) is 114 Å². The van der Waals surface area contributed by atoms with Crippen molar-refractivity contribution in [3.05, 3.63) is 34.1 Å². The van der Waals surface area contributed by atoms with Crippen molar-refractivity contribution in [2.24, 2.45) is 5.11 Å². The van der Waals surface area contributed by atoms with Gasteiger partial charge in [-0.2, -0.15) is 0 Å². The first kappa shape index (κ1) is 15.5. The zero-order chi connectivity index (χ0) is 14.3. The van der Waals surface area contributed by atoms with E-state index in [2.05, 4.69) is 10.0 Å². The molecule has 19 heavy (non-hydrogen) atoms. The van der Waals surface area contributed by atoms with Gasteiger partial charge in [0.1, 0.15) is 6.26 Å². The molecule has 104 valence electrons. The van der Waals surface area contributed by atoms with E-state index in [1.807, 2.05) is 0 Å². The third kappa shape index (κ3) is 4.22. The predicted molar refractivity (Wildman–Crippen MR) is 66.7 cm³/mol. The van der Waals surface area contributed by atoms with Crippen LogP contribution in [0, 0.1) is 0 Å². The lowest BCUT2D eigenvalue weighted by Crippen LogP contribution is -2.02. The highest BCUT2D eigenvalue weighted by atomic mass is 31.2. The van der Waals surface area contributed by atoms with Gasteiger partial charge in [0.05, 0.1) is 31.2 Å². The van der Waals surface area contributed by atoms with Crippen LogP contribution in [0.25, 0.3) is 10.4 Å². The van der Waals surface area contributed by atoms with Crippen LogP contribution in [-0.4, -0.2) is 19.1 Å². The SMILES string of the molecule is CCOP(=O)(Cc1cocc1C(=O)N=[N+]=[N-])OCC. The van der Waals surface area contributed by atoms with Crippen LogP contribution in [-0.2, 0) is 19.8 Å². The molecule has 1 heterocycles. The standard InChI is InChI=1S/C10H14N3O5P/c1-3-17-19(15,18-4-2)7-8-5-16-6-9(8)10(14)12-13-11/h5-6H,3-4,7H2,1-2H3. The second-order valence-electron chi connectivity index (χ2n) is 3.41. The number of amides is 1. The molecule has 1 amide bonds. The Morgan fingerprint density at radius 3 is 2.58 bits per heavy atom. The van der Waals surface area contributed by atoms with Crippen LogP contribution in [0.15, 0.2) is 22.1 Å². The Bertz CT molecular complexity index is 525. The van der Waals surface area contributed by atoms with E-state index in [0.29, 0.717) is 5.56 Å². The van der Waals surface area contributed by atoms with E-state index < -0.39 is 13.5 Å². The predicted octanol–water partition coefficient (Wildman–Crippen LogP) is 3.50. The number of carbonyl (C=O) groups excluding carboxylic acids is 1. The van der Waals surface area contributed by atoms with Crippen LogP contribution >= 0.6 is 7.60 Å². The zero-order valence-electron chi connectivity index (χ0n) is 10.6. The minimum Gasteiger partial charge on any atom is -0.472 e. The summed E-state index contributed by atoms with van der Waals surface area (Å²) in [5.74, 6) is -0.800. The molecule has 8 nitrogen and oxygen atoms in total. The highest BCUT2D eigenvalue weighted by molar-refractivity contribution is 7.53. The van der Waals surface area contributed by atoms with Gasteiger partial charge in [0.2, 0.25) is 0 Å². The van der Waals surface area contributed by atoms with Gasteiger partial charge in [0.25, 0.3) is 5.91 Å². The van der Waals surface area contributed by atoms with E-state index >= 15 is 0 Å². The molecule has 0 atom stereocenters. The summed E-state index contributed by atoms with van der Waals surface area (Å²) in [5.41, 5.74) is 8.61. The molecule has 1 aromatic heterocycles. The molecule has 0 unspecified atom stereocenters. The van der Waals surface area contributed by atoms with Gasteiger partial charge in [-0.3, -0.25) is 9.36 Å². The molecule has 0 saturated carbocycles. The average Bonchev–Trinajstić information content (AvgIpc) is 2.77. The summed E-state index contributed by atoms with van der Waals surface area (Å²) < 4.78 is 27.4. The molecular formula is C10H14N3O5P. The maximum Gasteiger partial charge on any atom is 0.335 e. The van der Waals surface area contributed by atoms with Crippen LogP contribution < -0.4 is 0 Å². The van der Waals surface area contributed by atoms with Gasteiger partial charge in [0.15, 0.2) is 0 Å². The number of furan rings is 1. The van der Waals surface area contributed by atoms with Gasteiger partial charge in [-0.1, -0.05) is 0 Å². The van der Waals surface area contributed by atoms with E-state index in [0.717, 1.165) is 6.26 Å². The Labute approximate surface area is 109 Å². The van der Waals surface area contributed by atoms with Crippen LogP contribution in [0.1, 0.15) is 29.8 Å². The molecule has 9 heteroatoms. The van der Waals surface area contributed by atoms with Crippen molar-refractivity contribution in [1.29, 1.82) is 0 Å². The number of carbonyl (C=O) groups is 1. The number of azide groups is 1. The molecule has 0 aliphatic rings. The van der Waals surface area contributed by atoms with Gasteiger partial charge >= 0.3 is 7.60 Å². The lowest BCUT2D eigenvalue weighted by Gasteiger charge is -2.16. The van der Waals surface area contributed by atoms with Gasteiger partial charge < -0.3 is 13.5 Å². The van der Waals surface area contributed by atoms with Gasteiger partial charge in [-0.25, -0.2) is 0 Å². The first-order valence-electron chi connectivity index (χ1n) is 5.59. The van der Waals surface area contributed by atoms with E-state index in [1.54, 1.807) is 13.8 Å². The summed E-state index contributed by atoms with van der Waals surface area (Å²) in [4.78, 5) is 13.9. The molecule has 0 aliphatic carbocycles. The van der Waals surface area contributed by atoms with Crippen molar-refractivity contribution in [3.8, 4) is 0 Å². The van der Waals surface area contributed by atoms with Crippen LogP contribution in [0.2, 0.25) is 0 Å². The summed E-state index contributed by atoms with van der Waals surface area (Å²) >= 11 is 0. The van der Waals surface area contributed by atoms with Crippen molar-refractivity contribution in [2.75, 3.05) is 13.2 Å². The number of hydrogen-bond donors (Lipinski definition) is 0. The molecule has 1 rings (SSSR count). The molecule has 0 aliphatic heterocycles. The second kappa shape index (κ2) is 7.11. The van der Waals surface area contributed by atoms with Crippen molar-refractivity contribution in [2.45, 2.75) is 20.0 Å². The Balaban J connectivity index is 2.98. The first-order chi connectivity index (χ1) is 9.06. The lowest BCUT2D eigenvalue weighted by atomic mass is 10.2. The highest BCUT2D eigenvalue weighted by Gasteiger charge is 2.27. The summed E-state index contributed by atoms with van der Waals surface area (Å²) in [6.45, 7) is 3.81. The van der Waals surface area contributed by atoms with Crippen molar-refractivity contribution in [3.63, 3.8) is 0 Å². The van der Waals surface area contributed by atoms with Crippen LogP contribution in [0.4, 0.5) is 0 Å². The average molecular weight is 287 g/mol. The summed E-state index contributed by atoms with van der Waals surface area (Å²) in [5, 5.41) is 2.96. The van der Waals surface area contributed by atoms with Gasteiger partial charge in [-0.15, -0.1) is 0 Å². The smallest absolute Gasteiger partial charge is 0.335 e. The molecule has 0 spiro atoms. The monoisotopic (exact) mass is 287 g/mol. The fourth-order valence-electron chi connectivity index (χ4n) is 1.46. The van der Waals surface area contributed by atoms with Crippen molar-refractivity contribution in [1.82, 2.24) is 0 Å². The summed E-state index contributed by atoms with van der Waals surface area (Å²) in [7, 11) is -3.34. The first-order valence-corrected chi connectivity index (χ1v) is 7.31. The Morgan fingerprint density at radius 2 is 2.05 bits per heavy atom. The van der Waals surface area contributed by atoms with Gasteiger partial charge in [0, 0.05) is 10.5 Å². The second-order valence-corrected chi connectivity index (χ2v) is 5.46. The van der Waals surface area contributed by atoms with E-state index in [-0.39, 0.29) is 24.9 Å². The Kier molecular flexibility index (Phi) is 5.79. The molecule has 0 fully saturated rings. The van der Waals surface area contributed by atoms with E-state index in [4.69, 9.17) is 19.0 Å². The van der Waals surface area contributed by atoms with Crippen molar-refractivity contribution >= 4 is 13.5 Å². The molecule has 0 radical (unpaired) electrons. The molecule has 0 saturated heterocycles. The Hall–Kier alpha value is -1.59. The highest BCUT2D eigenvalue weighted by Crippen LogP contribution is 2.51. The maximum absolute atomic E-state index is 12.3. The molecule has 1 aromatic rings. The fourth-order valence-corrected chi connectivity index (χ4v) is 3.16. The summed E-state index contributed by atoms with van der Waals surface area (Å²) in [6.07, 6.45) is 2.27. The zero-order valence-corrected chi connectivity index (χ0v) is 11.5. The third-order valence-corrected chi connectivity index (χ3v) is 4.15. The Morgan fingerprint density at radius 1 is 1.42 bits per heavy atom. The number of hydrogen-bond acceptors (Lipinski definition) is 5. The van der Waals surface area contributed by atoms with Crippen LogP contribution in [0.3, 0.4) is 0 Å². The molecular weight excluding hydrogens is 273 g/mol. The lowest BCUT2D eigenvalue weighted by molar-refractivity contribution is 0.0999. The maximum atomic E-state index is 12.3. The normalized spacial score (nSPS) is 11.1. The molecule has 0 aromatic carbocycles.